The summed E-state index contributed by atoms with van der Waals surface area (Å²) < 4.78 is 4.77. The topological polar surface area (TPSA) is 58.6 Å². The van der Waals surface area contributed by atoms with Crippen LogP contribution in [0.2, 0.25) is 0 Å². The molecule has 0 heterocycles. The fraction of sp³-hybridized carbons (Fsp3) is 0.900. The molecule has 0 rings (SSSR count). The summed E-state index contributed by atoms with van der Waals surface area (Å²) in [4.78, 5) is 10.9. The Hall–Kier alpha value is -0.610. The van der Waals surface area contributed by atoms with E-state index in [-0.39, 0.29) is 18.0 Å². The van der Waals surface area contributed by atoms with Gasteiger partial charge in [0, 0.05) is 25.1 Å². The molecule has 0 aromatic heterocycles. The molecule has 0 radical (unpaired) electrons. The molecular formula is C10H21NO3. The molecule has 0 unspecified atom stereocenters. The van der Waals surface area contributed by atoms with Crippen LogP contribution in [0.3, 0.4) is 0 Å². The molecular weight excluding hydrogens is 182 g/mol. The number of rotatable bonds is 7. The number of hydrogen-bond donors (Lipinski definition) is 2. The monoisotopic (exact) mass is 203 g/mol. The van der Waals surface area contributed by atoms with Crippen LogP contribution in [0.4, 0.5) is 0 Å². The van der Waals surface area contributed by atoms with Gasteiger partial charge in [-0.3, -0.25) is 4.79 Å². The van der Waals surface area contributed by atoms with Gasteiger partial charge in [0.05, 0.1) is 13.0 Å². The number of carbonyl (C=O) groups is 1. The van der Waals surface area contributed by atoms with Gasteiger partial charge in [-0.15, -0.1) is 0 Å². The Morgan fingerprint density at radius 2 is 2.14 bits per heavy atom. The molecule has 14 heavy (non-hydrogen) atoms. The maximum atomic E-state index is 10.9. The Bertz CT molecular complexity index is 169. The summed E-state index contributed by atoms with van der Waals surface area (Å²) in [5.74, 6) is -0.179. The van der Waals surface area contributed by atoms with Crippen LogP contribution >= 0.6 is 0 Å². The maximum absolute atomic E-state index is 10.9. The second kappa shape index (κ2) is 6.79. The van der Waals surface area contributed by atoms with Gasteiger partial charge in [-0.05, 0) is 6.92 Å². The van der Waals surface area contributed by atoms with Crippen LogP contribution in [-0.4, -0.2) is 37.4 Å². The molecule has 0 spiro atoms. The summed E-state index contributed by atoms with van der Waals surface area (Å²) >= 11 is 0. The molecule has 0 amide bonds. The highest BCUT2D eigenvalue weighted by molar-refractivity contribution is 5.69. The minimum atomic E-state index is -0.179. The largest absolute Gasteiger partial charge is 0.466 e. The molecule has 4 nitrogen and oxygen atoms in total. The van der Waals surface area contributed by atoms with Gasteiger partial charge in [-0.2, -0.15) is 0 Å². The van der Waals surface area contributed by atoms with Crippen molar-refractivity contribution >= 4 is 5.97 Å². The average Bonchev–Trinajstić information content (AvgIpc) is 2.13. The lowest BCUT2D eigenvalue weighted by Crippen LogP contribution is -2.33. The third kappa shape index (κ3) is 6.86. The lowest BCUT2D eigenvalue weighted by molar-refractivity contribution is -0.142. The van der Waals surface area contributed by atoms with E-state index in [2.05, 4.69) is 5.32 Å². The highest BCUT2D eigenvalue weighted by atomic mass is 16.5. The minimum Gasteiger partial charge on any atom is -0.466 e. The number of hydrogen-bond acceptors (Lipinski definition) is 4. The number of aliphatic hydroxyl groups excluding tert-OH is 1. The summed E-state index contributed by atoms with van der Waals surface area (Å²) in [5.41, 5.74) is -0.130. The average molecular weight is 203 g/mol. The van der Waals surface area contributed by atoms with Crippen molar-refractivity contribution in [1.82, 2.24) is 5.32 Å². The van der Waals surface area contributed by atoms with Crippen molar-refractivity contribution in [3.63, 3.8) is 0 Å². The van der Waals surface area contributed by atoms with Gasteiger partial charge in [-0.1, -0.05) is 13.8 Å². The first-order valence-electron chi connectivity index (χ1n) is 4.99. The third-order valence-corrected chi connectivity index (χ3v) is 1.84. The smallest absolute Gasteiger partial charge is 0.307 e. The van der Waals surface area contributed by atoms with Crippen molar-refractivity contribution in [3.8, 4) is 0 Å². The van der Waals surface area contributed by atoms with E-state index in [0.717, 1.165) is 0 Å². The quantitative estimate of drug-likeness (QED) is 0.468. The van der Waals surface area contributed by atoms with E-state index in [9.17, 15) is 4.79 Å². The summed E-state index contributed by atoms with van der Waals surface area (Å²) in [6.45, 7) is 7.58. The molecule has 0 saturated heterocycles. The highest BCUT2D eigenvalue weighted by Crippen LogP contribution is 2.10. The Kier molecular flexibility index (Phi) is 6.49. The first-order valence-corrected chi connectivity index (χ1v) is 4.99. The van der Waals surface area contributed by atoms with Gasteiger partial charge < -0.3 is 15.2 Å². The zero-order valence-electron chi connectivity index (χ0n) is 9.30. The van der Waals surface area contributed by atoms with E-state index in [1.54, 1.807) is 6.92 Å². The van der Waals surface area contributed by atoms with Crippen molar-refractivity contribution in [3.05, 3.63) is 0 Å². The van der Waals surface area contributed by atoms with Crippen molar-refractivity contribution in [2.45, 2.75) is 27.2 Å². The van der Waals surface area contributed by atoms with Crippen LogP contribution in [0.25, 0.3) is 0 Å². The van der Waals surface area contributed by atoms with E-state index < -0.39 is 0 Å². The second-order valence-electron chi connectivity index (χ2n) is 4.05. The van der Waals surface area contributed by atoms with Crippen molar-refractivity contribution < 1.29 is 14.6 Å². The van der Waals surface area contributed by atoms with E-state index in [0.29, 0.717) is 26.1 Å². The van der Waals surface area contributed by atoms with Crippen molar-refractivity contribution in [2.24, 2.45) is 5.41 Å². The molecule has 0 aliphatic heterocycles. The van der Waals surface area contributed by atoms with Crippen LogP contribution in [0.5, 0.6) is 0 Å². The third-order valence-electron chi connectivity index (χ3n) is 1.84. The molecule has 0 bridgehead atoms. The van der Waals surface area contributed by atoms with Crippen LogP contribution in [0.15, 0.2) is 0 Å². The zero-order chi connectivity index (χ0) is 11.0. The lowest BCUT2D eigenvalue weighted by Gasteiger charge is -2.21. The fourth-order valence-electron chi connectivity index (χ4n) is 0.906. The van der Waals surface area contributed by atoms with Crippen LogP contribution in [0.1, 0.15) is 27.2 Å². The van der Waals surface area contributed by atoms with E-state index in [1.165, 1.54) is 0 Å². The molecule has 0 aliphatic carbocycles. The normalized spacial score (nSPS) is 11.4. The predicted molar refractivity (Wildman–Crippen MR) is 55.0 cm³/mol. The van der Waals surface area contributed by atoms with E-state index in [1.807, 2.05) is 13.8 Å². The molecule has 2 N–H and O–H groups in total. The number of carbonyl (C=O) groups excluding carboxylic acids is 1. The number of aliphatic hydroxyl groups is 1. The van der Waals surface area contributed by atoms with Gasteiger partial charge in [0.2, 0.25) is 0 Å². The first kappa shape index (κ1) is 13.4. The predicted octanol–water partition coefficient (Wildman–Crippen LogP) is 0.548. The standard InChI is InChI=1S/C10H21NO3/c1-4-14-9(13)5-6-11-7-10(2,3)8-12/h11-12H,4-8H2,1-3H3. The van der Waals surface area contributed by atoms with Gasteiger partial charge in [0.15, 0.2) is 0 Å². The van der Waals surface area contributed by atoms with Gasteiger partial charge in [0.25, 0.3) is 0 Å². The van der Waals surface area contributed by atoms with Gasteiger partial charge in [0.1, 0.15) is 0 Å². The SMILES string of the molecule is CCOC(=O)CCNCC(C)(C)CO. The molecule has 0 fully saturated rings. The Labute approximate surface area is 85.6 Å². The molecule has 4 heteroatoms. The number of esters is 1. The summed E-state index contributed by atoms with van der Waals surface area (Å²) in [5, 5.41) is 12.1. The van der Waals surface area contributed by atoms with Crippen LogP contribution < -0.4 is 5.32 Å². The van der Waals surface area contributed by atoms with Crippen molar-refractivity contribution in [1.29, 1.82) is 0 Å². The van der Waals surface area contributed by atoms with E-state index in [4.69, 9.17) is 9.84 Å². The lowest BCUT2D eigenvalue weighted by atomic mass is 9.95. The molecule has 0 saturated carbocycles. The van der Waals surface area contributed by atoms with Crippen LogP contribution in [0, 0.1) is 5.41 Å². The maximum Gasteiger partial charge on any atom is 0.307 e. The molecule has 0 aromatic rings. The van der Waals surface area contributed by atoms with Crippen molar-refractivity contribution in [2.75, 3.05) is 26.3 Å². The molecule has 0 atom stereocenters. The van der Waals surface area contributed by atoms with Gasteiger partial charge >= 0.3 is 5.97 Å². The fourth-order valence-corrected chi connectivity index (χ4v) is 0.906. The molecule has 84 valence electrons. The first-order chi connectivity index (χ1) is 6.52. The number of ether oxygens (including phenoxy) is 1. The minimum absolute atomic E-state index is 0.130. The highest BCUT2D eigenvalue weighted by Gasteiger charge is 2.15. The summed E-state index contributed by atoms with van der Waals surface area (Å²) in [7, 11) is 0. The van der Waals surface area contributed by atoms with E-state index >= 15 is 0 Å². The Morgan fingerprint density at radius 1 is 1.50 bits per heavy atom. The van der Waals surface area contributed by atoms with Crippen LogP contribution in [-0.2, 0) is 9.53 Å². The molecule has 0 aromatic carbocycles. The number of nitrogens with one attached hydrogen (secondary N) is 1. The summed E-state index contributed by atoms with van der Waals surface area (Å²) in [6.07, 6.45) is 0.384. The zero-order valence-corrected chi connectivity index (χ0v) is 9.30. The second-order valence-corrected chi connectivity index (χ2v) is 4.05. The Balaban J connectivity index is 3.42. The molecule has 0 aliphatic rings. The Morgan fingerprint density at radius 3 is 2.64 bits per heavy atom. The summed E-state index contributed by atoms with van der Waals surface area (Å²) in [6, 6.07) is 0. The van der Waals surface area contributed by atoms with Gasteiger partial charge in [-0.25, -0.2) is 0 Å².